The zero-order valence-corrected chi connectivity index (χ0v) is 19.7. The Morgan fingerprint density at radius 3 is 2.28 bits per heavy atom. The number of carbonyl (C=O) groups is 4. The first-order valence-electron chi connectivity index (χ1n) is 11.4. The second-order valence-corrected chi connectivity index (χ2v) is 8.66. The van der Waals surface area contributed by atoms with Gasteiger partial charge in [0.05, 0.1) is 5.69 Å². The molecule has 0 saturated carbocycles. The molecule has 3 aromatic rings. The van der Waals surface area contributed by atoms with Crippen molar-refractivity contribution in [3.63, 3.8) is 0 Å². The Morgan fingerprint density at radius 2 is 1.67 bits per heavy atom. The lowest BCUT2D eigenvalue weighted by molar-refractivity contribution is -0.121. The van der Waals surface area contributed by atoms with Crippen LogP contribution in [0.25, 0.3) is 11.1 Å². The molecule has 1 heterocycles. The Kier molecular flexibility index (Phi) is 7.12. The molecule has 0 radical (unpaired) electrons. The average Bonchev–Trinajstić information content (AvgIpc) is 3.40. The number of amides is 4. The Labute approximate surface area is 208 Å². The van der Waals surface area contributed by atoms with Gasteiger partial charge in [-0.1, -0.05) is 29.8 Å². The summed E-state index contributed by atoms with van der Waals surface area (Å²) < 4.78 is 0. The predicted octanol–water partition coefficient (Wildman–Crippen LogP) is 3.17. The maximum Gasteiger partial charge on any atom is 0.274 e. The number of nitrogens with two attached hydrogens (primary N) is 1. The van der Waals surface area contributed by atoms with Gasteiger partial charge in [0.15, 0.2) is 0 Å². The smallest absolute Gasteiger partial charge is 0.274 e. The number of hydroxylamine groups is 1. The van der Waals surface area contributed by atoms with Gasteiger partial charge in [-0.15, -0.1) is 0 Å². The highest BCUT2D eigenvalue weighted by molar-refractivity contribution is 6.01. The van der Waals surface area contributed by atoms with Crippen molar-refractivity contribution < 1.29 is 24.4 Å². The molecule has 9 heteroatoms. The van der Waals surface area contributed by atoms with E-state index in [-0.39, 0.29) is 11.5 Å². The largest absolute Gasteiger partial charge is 0.368 e. The molecular weight excluding hydrogens is 460 g/mol. The highest BCUT2D eigenvalue weighted by atomic mass is 16.5. The maximum absolute atomic E-state index is 13.5. The molecule has 1 aliphatic rings. The summed E-state index contributed by atoms with van der Waals surface area (Å²) in [5.74, 6) is -1.56. The van der Waals surface area contributed by atoms with Gasteiger partial charge < -0.3 is 10.6 Å². The summed E-state index contributed by atoms with van der Waals surface area (Å²) in [6, 6.07) is 18.2. The Balaban J connectivity index is 1.81. The zero-order chi connectivity index (χ0) is 25.8. The molecule has 4 N–H and O–H groups in total. The van der Waals surface area contributed by atoms with Gasteiger partial charge in [-0.05, 0) is 73.4 Å². The summed E-state index contributed by atoms with van der Waals surface area (Å²) in [6.07, 6.45) is 1.85. The number of hydrogen-bond acceptors (Lipinski definition) is 5. The molecule has 1 aliphatic heterocycles. The number of primary amides is 1. The van der Waals surface area contributed by atoms with Gasteiger partial charge in [0.1, 0.15) is 6.04 Å². The number of carbonyl (C=O) groups excluding carboxylic acids is 4. The van der Waals surface area contributed by atoms with Crippen LogP contribution in [0, 0.1) is 6.92 Å². The number of benzene rings is 3. The minimum Gasteiger partial charge on any atom is -0.368 e. The van der Waals surface area contributed by atoms with E-state index in [1.165, 1.54) is 21.9 Å². The Bertz CT molecular complexity index is 1300. The average molecular weight is 487 g/mol. The third-order valence-corrected chi connectivity index (χ3v) is 6.28. The van der Waals surface area contributed by atoms with Crippen molar-refractivity contribution in [3.8, 4) is 11.1 Å². The molecule has 0 unspecified atom stereocenters. The molecule has 184 valence electrons. The van der Waals surface area contributed by atoms with E-state index < -0.39 is 17.9 Å². The number of rotatable bonds is 7. The van der Waals surface area contributed by atoms with Gasteiger partial charge in [-0.3, -0.25) is 29.3 Å². The van der Waals surface area contributed by atoms with Crippen molar-refractivity contribution in [3.05, 3.63) is 83.4 Å². The van der Waals surface area contributed by atoms with Crippen LogP contribution in [0.3, 0.4) is 0 Å². The predicted molar refractivity (Wildman–Crippen MR) is 134 cm³/mol. The maximum atomic E-state index is 13.5. The summed E-state index contributed by atoms with van der Waals surface area (Å²) in [4.78, 5) is 52.2. The minimum absolute atomic E-state index is 0.254. The van der Waals surface area contributed by atoms with E-state index in [9.17, 15) is 19.2 Å². The highest BCUT2D eigenvalue weighted by Crippen LogP contribution is 2.32. The van der Waals surface area contributed by atoms with Gasteiger partial charge in [0.2, 0.25) is 12.3 Å². The van der Waals surface area contributed by atoms with E-state index in [1.54, 1.807) is 35.8 Å². The summed E-state index contributed by atoms with van der Waals surface area (Å²) in [6.45, 7) is 2.35. The van der Waals surface area contributed by atoms with Crippen LogP contribution in [0.15, 0.2) is 66.7 Å². The SMILES string of the molecule is Cc1ccc(N(C=O)c2cc(C(=O)N3CCC[C@H]3C(N)=O)cc(-c3ccc(C(=O)NO)cc3)c2)cc1. The van der Waals surface area contributed by atoms with Crippen LogP contribution in [-0.2, 0) is 9.59 Å². The molecule has 9 nitrogen and oxygen atoms in total. The first-order valence-corrected chi connectivity index (χ1v) is 11.4. The molecule has 0 spiro atoms. The third-order valence-electron chi connectivity index (χ3n) is 6.28. The van der Waals surface area contributed by atoms with Gasteiger partial charge in [-0.2, -0.15) is 0 Å². The van der Waals surface area contributed by atoms with Crippen molar-refractivity contribution in [2.75, 3.05) is 11.4 Å². The molecule has 3 aromatic carbocycles. The number of hydrogen-bond donors (Lipinski definition) is 3. The second-order valence-electron chi connectivity index (χ2n) is 8.66. The zero-order valence-electron chi connectivity index (χ0n) is 19.7. The van der Waals surface area contributed by atoms with E-state index >= 15 is 0 Å². The summed E-state index contributed by atoms with van der Waals surface area (Å²) >= 11 is 0. The fourth-order valence-corrected chi connectivity index (χ4v) is 4.37. The van der Waals surface area contributed by atoms with Crippen LogP contribution < -0.4 is 16.1 Å². The lowest BCUT2D eigenvalue weighted by Crippen LogP contribution is -2.43. The van der Waals surface area contributed by atoms with Crippen molar-refractivity contribution in [2.24, 2.45) is 5.73 Å². The minimum atomic E-state index is -0.680. The van der Waals surface area contributed by atoms with Gasteiger partial charge in [0, 0.05) is 23.4 Å². The second kappa shape index (κ2) is 10.4. The van der Waals surface area contributed by atoms with E-state index in [1.807, 2.05) is 31.2 Å². The summed E-state index contributed by atoms with van der Waals surface area (Å²) in [5.41, 5.74) is 11.1. The monoisotopic (exact) mass is 486 g/mol. The summed E-state index contributed by atoms with van der Waals surface area (Å²) in [5, 5.41) is 8.87. The fourth-order valence-electron chi connectivity index (χ4n) is 4.37. The number of aryl methyl sites for hydroxylation is 1. The topological polar surface area (TPSA) is 133 Å². The number of nitrogens with one attached hydrogen (secondary N) is 1. The van der Waals surface area contributed by atoms with Crippen molar-refractivity contribution >= 4 is 35.5 Å². The van der Waals surface area contributed by atoms with Crippen LogP contribution in [0.5, 0.6) is 0 Å². The molecule has 4 rings (SSSR count). The number of likely N-dealkylation sites (tertiary alicyclic amines) is 1. The molecule has 0 bridgehead atoms. The van der Waals surface area contributed by atoms with Crippen molar-refractivity contribution in [2.45, 2.75) is 25.8 Å². The molecular formula is C27H26N4O5. The number of anilines is 2. The van der Waals surface area contributed by atoms with Crippen LogP contribution in [0.1, 0.15) is 39.1 Å². The molecule has 1 saturated heterocycles. The molecule has 4 amide bonds. The Hall–Kier alpha value is -4.50. The van der Waals surface area contributed by atoms with Crippen molar-refractivity contribution in [1.29, 1.82) is 0 Å². The molecule has 0 aliphatic carbocycles. The van der Waals surface area contributed by atoms with Crippen LogP contribution >= 0.6 is 0 Å². The fraction of sp³-hybridized carbons (Fsp3) is 0.185. The van der Waals surface area contributed by atoms with E-state index in [4.69, 9.17) is 10.9 Å². The van der Waals surface area contributed by atoms with E-state index in [2.05, 4.69) is 0 Å². The summed E-state index contributed by atoms with van der Waals surface area (Å²) in [7, 11) is 0. The standard InChI is InChI=1S/C27H26N4O5/c1-17-4-10-22(11-5-17)31(16-32)23-14-20(18-6-8-19(9-7-18)26(34)29-36)13-21(15-23)27(35)30-12-2-3-24(30)25(28)33/h4-11,13-16,24,36H,2-3,12H2,1H3,(H2,28,33)(H,29,34)/t24-/m0/s1. The third kappa shape index (κ3) is 4.96. The van der Waals surface area contributed by atoms with E-state index in [0.717, 1.165) is 5.56 Å². The lowest BCUT2D eigenvalue weighted by atomic mass is 9.99. The first kappa shape index (κ1) is 24.6. The number of nitrogens with zero attached hydrogens (tertiary/aromatic N) is 2. The van der Waals surface area contributed by atoms with Gasteiger partial charge in [-0.25, -0.2) is 5.48 Å². The lowest BCUT2D eigenvalue weighted by Gasteiger charge is -2.24. The first-order chi connectivity index (χ1) is 17.3. The normalized spacial score (nSPS) is 14.8. The quantitative estimate of drug-likeness (QED) is 0.268. The van der Waals surface area contributed by atoms with Crippen LogP contribution in [0.4, 0.5) is 11.4 Å². The molecule has 1 atom stereocenters. The molecule has 36 heavy (non-hydrogen) atoms. The van der Waals surface area contributed by atoms with Crippen molar-refractivity contribution in [1.82, 2.24) is 10.4 Å². The van der Waals surface area contributed by atoms with Gasteiger partial charge in [0.25, 0.3) is 11.8 Å². The van der Waals surface area contributed by atoms with Gasteiger partial charge >= 0.3 is 0 Å². The highest BCUT2D eigenvalue weighted by Gasteiger charge is 2.33. The van der Waals surface area contributed by atoms with Crippen LogP contribution in [0.2, 0.25) is 0 Å². The van der Waals surface area contributed by atoms with Crippen LogP contribution in [-0.4, -0.2) is 46.8 Å². The molecule has 0 aromatic heterocycles. The van der Waals surface area contributed by atoms with E-state index in [0.29, 0.717) is 53.9 Å². The molecule has 1 fully saturated rings. The Morgan fingerprint density at radius 1 is 0.972 bits per heavy atom.